The number of furan rings is 1. The average molecular weight is 318 g/mol. The molecule has 0 radical (unpaired) electrons. The van der Waals surface area contributed by atoms with E-state index < -0.39 is 10.0 Å². The highest BCUT2D eigenvalue weighted by Gasteiger charge is 2.16. The van der Waals surface area contributed by atoms with Gasteiger partial charge in [0.25, 0.3) is 10.0 Å². The van der Waals surface area contributed by atoms with Gasteiger partial charge in [-0.1, -0.05) is 6.07 Å². The molecule has 0 fully saturated rings. The van der Waals surface area contributed by atoms with E-state index in [1.165, 1.54) is 12.5 Å². The van der Waals surface area contributed by atoms with Crippen molar-refractivity contribution < 1.29 is 12.8 Å². The summed E-state index contributed by atoms with van der Waals surface area (Å²) >= 11 is 0. The van der Waals surface area contributed by atoms with E-state index in [0.29, 0.717) is 0 Å². The first-order valence-electron chi connectivity index (χ1n) is 6.50. The number of hydrogen-bond donors (Lipinski definition) is 1. The fraction of sp³-hybridized carbons (Fsp3) is 0.143. The molecule has 0 aliphatic heterocycles. The molecule has 3 aromatic rings. The summed E-state index contributed by atoms with van der Waals surface area (Å²) in [6.07, 6.45) is 7.69. The second-order valence-corrected chi connectivity index (χ2v) is 6.48. The number of sulfonamides is 1. The Kier molecular flexibility index (Phi) is 3.78. The quantitative estimate of drug-likeness (QED) is 0.771. The lowest BCUT2D eigenvalue weighted by Gasteiger charge is -2.05. The number of nitrogens with one attached hydrogen (secondary N) is 1. The summed E-state index contributed by atoms with van der Waals surface area (Å²) in [5.41, 5.74) is 2.40. The fourth-order valence-corrected chi connectivity index (χ4v) is 2.89. The Balaban J connectivity index is 1.69. The standard InChI is InChI=1S/C14H14N4O3S/c1-18-8-14(16-10-18)22(19,20)17-7-11-2-3-13(15-6-11)12-4-5-21-9-12/h2-6,8-10,17H,7H2,1H3. The monoisotopic (exact) mass is 318 g/mol. The fourth-order valence-electron chi connectivity index (χ4n) is 1.89. The molecule has 0 aromatic carbocycles. The lowest BCUT2D eigenvalue weighted by molar-refractivity contribution is 0.568. The molecule has 0 saturated heterocycles. The molecular formula is C14H14N4O3S. The van der Waals surface area contributed by atoms with E-state index >= 15 is 0 Å². The molecule has 3 heterocycles. The highest BCUT2D eigenvalue weighted by atomic mass is 32.2. The average Bonchev–Trinajstić information content (AvgIpc) is 3.17. The van der Waals surface area contributed by atoms with E-state index in [2.05, 4.69) is 14.7 Å². The number of aryl methyl sites for hydroxylation is 1. The summed E-state index contributed by atoms with van der Waals surface area (Å²) in [5.74, 6) is 0. The van der Waals surface area contributed by atoms with Crippen molar-refractivity contribution >= 4 is 10.0 Å². The van der Waals surface area contributed by atoms with Gasteiger partial charge in [-0.2, -0.15) is 0 Å². The van der Waals surface area contributed by atoms with Crippen LogP contribution in [0.3, 0.4) is 0 Å². The van der Waals surface area contributed by atoms with Crippen LogP contribution in [-0.4, -0.2) is 23.0 Å². The molecule has 3 aromatic heterocycles. The number of hydrogen-bond acceptors (Lipinski definition) is 5. The summed E-state index contributed by atoms with van der Waals surface area (Å²) in [6, 6.07) is 5.44. The van der Waals surface area contributed by atoms with E-state index in [0.717, 1.165) is 16.8 Å². The van der Waals surface area contributed by atoms with Crippen LogP contribution in [0.25, 0.3) is 11.3 Å². The summed E-state index contributed by atoms with van der Waals surface area (Å²) in [7, 11) is -1.90. The van der Waals surface area contributed by atoms with E-state index in [4.69, 9.17) is 4.42 Å². The van der Waals surface area contributed by atoms with Crippen LogP contribution in [0, 0.1) is 0 Å². The number of pyridine rings is 1. The molecule has 1 N–H and O–H groups in total. The zero-order chi connectivity index (χ0) is 15.6. The largest absolute Gasteiger partial charge is 0.472 e. The summed E-state index contributed by atoms with van der Waals surface area (Å²) < 4.78 is 33.2. The third-order valence-corrected chi connectivity index (χ3v) is 4.35. The van der Waals surface area contributed by atoms with Crippen molar-refractivity contribution in [1.82, 2.24) is 19.3 Å². The molecule has 0 saturated carbocycles. The third kappa shape index (κ3) is 3.07. The van der Waals surface area contributed by atoms with Crippen molar-refractivity contribution in [1.29, 1.82) is 0 Å². The zero-order valence-corrected chi connectivity index (χ0v) is 12.6. The molecule has 0 bridgehead atoms. The van der Waals surface area contributed by atoms with Crippen LogP contribution in [0.1, 0.15) is 5.56 Å². The molecule has 8 heteroatoms. The van der Waals surface area contributed by atoms with Crippen LogP contribution in [-0.2, 0) is 23.6 Å². The maximum Gasteiger partial charge on any atom is 0.259 e. The minimum atomic E-state index is -3.62. The lowest BCUT2D eigenvalue weighted by Crippen LogP contribution is -2.23. The van der Waals surface area contributed by atoms with Crippen molar-refractivity contribution in [3.05, 3.63) is 55.0 Å². The Morgan fingerprint density at radius 1 is 1.27 bits per heavy atom. The maximum absolute atomic E-state index is 12.1. The highest BCUT2D eigenvalue weighted by Crippen LogP contribution is 2.17. The molecular weight excluding hydrogens is 304 g/mol. The van der Waals surface area contributed by atoms with Crippen molar-refractivity contribution in [2.45, 2.75) is 11.6 Å². The second kappa shape index (κ2) is 5.74. The van der Waals surface area contributed by atoms with Gasteiger partial charge in [0.05, 0.1) is 24.5 Å². The molecule has 0 atom stereocenters. The van der Waals surface area contributed by atoms with Gasteiger partial charge < -0.3 is 8.98 Å². The van der Waals surface area contributed by atoms with Crippen molar-refractivity contribution in [3.8, 4) is 11.3 Å². The molecule has 3 rings (SSSR count). The Morgan fingerprint density at radius 3 is 2.73 bits per heavy atom. The SMILES string of the molecule is Cn1cnc(S(=O)(=O)NCc2ccc(-c3ccoc3)nc2)c1. The van der Waals surface area contributed by atoms with Crippen molar-refractivity contribution in [2.24, 2.45) is 7.05 Å². The molecule has 0 spiro atoms. The Morgan fingerprint density at radius 2 is 2.14 bits per heavy atom. The zero-order valence-electron chi connectivity index (χ0n) is 11.8. The molecule has 114 valence electrons. The first-order valence-corrected chi connectivity index (χ1v) is 7.98. The Hall–Kier alpha value is -2.45. The van der Waals surface area contributed by atoms with Gasteiger partial charge in [0.1, 0.15) is 0 Å². The number of imidazole rings is 1. The van der Waals surface area contributed by atoms with E-state index in [1.54, 1.807) is 30.3 Å². The van der Waals surface area contributed by atoms with Crippen molar-refractivity contribution in [3.63, 3.8) is 0 Å². The Labute approximate surface area is 127 Å². The van der Waals surface area contributed by atoms with Crippen LogP contribution >= 0.6 is 0 Å². The van der Waals surface area contributed by atoms with Crippen LogP contribution in [0.4, 0.5) is 0 Å². The minimum Gasteiger partial charge on any atom is -0.472 e. The molecule has 0 aliphatic rings. The van der Waals surface area contributed by atoms with Gasteiger partial charge in [0.2, 0.25) is 0 Å². The van der Waals surface area contributed by atoms with Gasteiger partial charge in [-0.05, 0) is 17.7 Å². The van der Waals surface area contributed by atoms with Gasteiger partial charge in [-0.25, -0.2) is 18.1 Å². The van der Waals surface area contributed by atoms with E-state index in [-0.39, 0.29) is 11.6 Å². The summed E-state index contributed by atoms with van der Waals surface area (Å²) in [5, 5.41) is -0.00187. The minimum absolute atomic E-state index is 0.00187. The first-order chi connectivity index (χ1) is 10.5. The number of aromatic nitrogens is 3. The number of rotatable bonds is 5. The first kappa shape index (κ1) is 14.5. The molecule has 0 amide bonds. The van der Waals surface area contributed by atoms with Gasteiger partial charge in [-0.15, -0.1) is 0 Å². The third-order valence-electron chi connectivity index (χ3n) is 3.06. The number of nitrogens with zero attached hydrogens (tertiary/aromatic N) is 3. The van der Waals surface area contributed by atoms with Crippen LogP contribution in [0.15, 0.2) is 58.9 Å². The van der Waals surface area contributed by atoms with Crippen LogP contribution in [0.5, 0.6) is 0 Å². The predicted molar refractivity (Wildman–Crippen MR) is 79.2 cm³/mol. The van der Waals surface area contributed by atoms with E-state index in [9.17, 15) is 8.42 Å². The second-order valence-electron chi connectivity index (χ2n) is 4.77. The van der Waals surface area contributed by atoms with E-state index in [1.807, 2.05) is 18.2 Å². The predicted octanol–water partition coefficient (Wildman–Crippen LogP) is 1.55. The molecule has 0 unspecified atom stereocenters. The molecule has 7 nitrogen and oxygen atoms in total. The van der Waals surface area contributed by atoms with Crippen LogP contribution < -0.4 is 4.72 Å². The maximum atomic E-state index is 12.1. The molecule has 0 aliphatic carbocycles. The topological polar surface area (TPSA) is 90.0 Å². The normalized spacial score (nSPS) is 11.7. The van der Waals surface area contributed by atoms with Gasteiger partial charge in [0.15, 0.2) is 5.03 Å². The van der Waals surface area contributed by atoms with Crippen molar-refractivity contribution in [2.75, 3.05) is 0 Å². The van der Waals surface area contributed by atoms with Gasteiger partial charge >= 0.3 is 0 Å². The molecule has 22 heavy (non-hydrogen) atoms. The summed E-state index contributed by atoms with van der Waals surface area (Å²) in [4.78, 5) is 8.12. The van der Waals surface area contributed by atoms with Gasteiger partial charge in [-0.3, -0.25) is 4.98 Å². The lowest BCUT2D eigenvalue weighted by atomic mass is 10.2. The summed E-state index contributed by atoms with van der Waals surface area (Å²) in [6.45, 7) is 0.150. The Bertz CT molecular complexity index is 852. The van der Waals surface area contributed by atoms with Gasteiger partial charge in [0, 0.05) is 31.5 Å². The van der Waals surface area contributed by atoms with Crippen LogP contribution in [0.2, 0.25) is 0 Å². The highest BCUT2D eigenvalue weighted by molar-refractivity contribution is 7.89. The smallest absolute Gasteiger partial charge is 0.259 e.